The fourth-order valence-corrected chi connectivity index (χ4v) is 5.42. The van der Waals surface area contributed by atoms with E-state index in [2.05, 4.69) is 60.3 Å². The highest BCUT2D eigenvalue weighted by Crippen LogP contribution is 2.39. The van der Waals surface area contributed by atoms with Crippen molar-refractivity contribution >= 4 is 23.0 Å². The summed E-state index contributed by atoms with van der Waals surface area (Å²) < 4.78 is 7.66. The lowest BCUT2D eigenvalue weighted by molar-refractivity contribution is -0.155. The zero-order chi connectivity index (χ0) is 26.0. The number of fused-ring (bicyclic) bond motifs is 3. The predicted molar refractivity (Wildman–Crippen MR) is 140 cm³/mol. The predicted octanol–water partition coefficient (Wildman–Crippen LogP) is 4.75. The molecule has 8 nitrogen and oxygen atoms in total. The second kappa shape index (κ2) is 10.2. The molecule has 1 aromatic carbocycles. The van der Waals surface area contributed by atoms with E-state index < -0.39 is 11.6 Å². The average molecular weight is 506 g/mol. The summed E-state index contributed by atoms with van der Waals surface area (Å²) >= 11 is 1.68. The Hall–Kier alpha value is -3.48. The highest BCUT2D eigenvalue weighted by atomic mass is 32.1. The highest BCUT2D eigenvalue weighted by molar-refractivity contribution is 7.15. The minimum atomic E-state index is -0.586. The van der Waals surface area contributed by atoms with Crippen LogP contribution >= 0.6 is 11.3 Å². The second-order valence-electron chi connectivity index (χ2n) is 9.80. The van der Waals surface area contributed by atoms with Gasteiger partial charge in [-0.1, -0.05) is 30.2 Å². The van der Waals surface area contributed by atoms with Crippen LogP contribution in [0.25, 0.3) is 5.00 Å². The van der Waals surface area contributed by atoms with E-state index in [0.29, 0.717) is 12.2 Å². The summed E-state index contributed by atoms with van der Waals surface area (Å²) in [6.45, 7) is 11.7. The van der Waals surface area contributed by atoms with Gasteiger partial charge in [0, 0.05) is 28.5 Å². The number of nitrogens with one attached hydrogen (secondary N) is 1. The molecule has 3 aromatic rings. The summed E-state index contributed by atoms with van der Waals surface area (Å²) in [4.78, 5) is 19.2. The van der Waals surface area contributed by atoms with E-state index in [0.717, 1.165) is 45.2 Å². The Morgan fingerprint density at radius 3 is 2.58 bits per heavy atom. The molecule has 0 unspecified atom stereocenters. The lowest BCUT2D eigenvalue weighted by Gasteiger charge is -2.21. The zero-order valence-electron chi connectivity index (χ0n) is 21.5. The number of aliphatic imine (C=N–C) groups is 1. The van der Waals surface area contributed by atoms with Gasteiger partial charge in [0.05, 0.1) is 12.1 Å². The Labute approximate surface area is 215 Å². The van der Waals surface area contributed by atoms with Crippen molar-refractivity contribution in [2.45, 2.75) is 72.4 Å². The number of rotatable bonds is 5. The highest BCUT2D eigenvalue weighted by Gasteiger charge is 2.33. The number of esters is 1. The molecule has 0 spiro atoms. The maximum absolute atomic E-state index is 12.8. The van der Waals surface area contributed by atoms with Crippen LogP contribution in [-0.2, 0) is 16.0 Å². The van der Waals surface area contributed by atoms with Crippen molar-refractivity contribution in [3.05, 3.63) is 63.0 Å². The second-order valence-corrected chi connectivity index (χ2v) is 11.0. The van der Waals surface area contributed by atoms with Gasteiger partial charge in [-0.3, -0.25) is 19.6 Å². The number of nitrogens with zero attached hydrogens (tertiary/aromatic N) is 4. The molecular weight excluding hydrogens is 474 g/mol. The number of hydrogen-bond donors (Lipinski definition) is 2. The van der Waals surface area contributed by atoms with Gasteiger partial charge in [-0.05, 0) is 59.1 Å². The van der Waals surface area contributed by atoms with Crippen LogP contribution in [0, 0.1) is 32.7 Å². The number of thiophene rings is 1. The van der Waals surface area contributed by atoms with E-state index in [1.165, 1.54) is 4.88 Å². The molecule has 0 bridgehead atoms. The van der Waals surface area contributed by atoms with E-state index in [1.54, 1.807) is 11.3 Å². The molecule has 0 radical (unpaired) electrons. The Kier molecular flexibility index (Phi) is 7.29. The minimum absolute atomic E-state index is 0.0710. The van der Waals surface area contributed by atoms with Crippen molar-refractivity contribution in [2.75, 3.05) is 0 Å². The van der Waals surface area contributed by atoms with E-state index in [-0.39, 0.29) is 12.4 Å². The van der Waals surface area contributed by atoms with Crippen LogP contribution in [0.4, 0.5) is 0 Å². The van der Waals surface area contributed by atoms with E-state index in [9.17, 15) is 4.79 Å². The molecule has 1 aliphatic heterocycles. The minimum Gasteiger partial charge on any atom is -0.460 e. The molecule has 0 amide bonds. The molecule has 36 heavy (non-hydrogen) atoms. The first-order valence-corrected chi connectivity index (χ1v) is 12.7. The molecule has 4 rings (SSSR count). The fraction of sp³-hybridized carbons (Fsp3) is 0.407. The van der Waals surface area contributed by atoms with Gasteiger partial charge in [0.1, 0.15) is 22.5 Å². The van der Waals surface area contributed by atoms with Crippen molar-refractivity contribution in [1.82, 2.24) is 20.2 Å². The normalized spacial score (nSPS) is 14.6. The number of hydrogen-bond acceptors (Lipinski definition) is 8. The third kappa shape index (κ3) is 5.35. The lowest BCUT2D eigenvalue weighted by Crippen LogP contribution is -2.25. The molecular formula is C27H31N5O3S. The summed E-state index contributed by atoms with van der Waals surface area (Å²) in [5.41, 5.74) is 6.40. The molecule has 1 atom stereocenters. The summed E-state index contributed by atoms with van der Waals surface area (Å²) in [6.07, 6.45) is 1.47. The lowest BCUT2D eigenvalue weighted by atomic mass is 9.98. The van der Waals surface area contributed by atoms with Crippen molar-refractivity contribution in [3.63, 3.8) is 0 Å². The molecule has 188 valence electrons. The number of carbonyl (C=O) groups is 1. The molecule has 0 saturated heterocycles. The van der Waals surface area contributed by atoms with Crippen LogP contribution in [0.3, 0.4) is 0 Å². The van der Waals surface area contributed by atoms with Crippen LogP contribution in [0.15, 0.2) is 29.3 Å². The van der Waals surface area contributed by atoms with Crippen LogP contribution in [0.1, 0.15) is 78.4 Å². The summed E-state index contributed by atoms with van der Waals surface area (Å²) in [6, 6.07) is 10.2. The van der Waals surface area contributed by atoms with Gasteiger partial charge >= 0.3 is 5.97 Å². The van der Waals surface area contributed by atoms with Gasteiger partial charge in [0.25, 0.3) is 0 Å². The number of benzene rings is 1. The molecule has 3 heterocycles. The number of ether oxygens (including phenoxy) is 1. The molecule has 0 fully saturated rings. The zero-order valence-corrected chi connectivity index (χ0v) is 22.3. The third-order valence-corrected chi connectivity index (χ3v) is 7.12. The van der Waals surface area contributed by atoms with Crippen LogP contribution < -0.4 is 5.48 Å². The number of carbonyl (C=O) groups excluding carboxylic acids is 1. The first-order valence-electron chi connectivity index (χ1n) is 11.9. The average Bonchev–Trinajstić information content (AvgIpc) is 3.28. The smallest absolute Gasteiger partial charge is 0.308 e. The van der Waals surface area contributed by atoms with Crippen LogP contribution in [0.2, 0.25) is 0 Å². The quantitative estimate of drug-likeness (QED) is 0.225. The van der Waals surface area contributed by atoms with E-state index >= 15 is 0 Å². The van der Waals surface area contributed by atoms with E-state index in [4.69, 9.17) is 14.9 Å². The Bertz CT molecular complexity index is 1370. The number of aromatic nitrogens is 3. The first kappa shape index (κ1) is 25.6. The first-order chi connectivity index (χ1) is 17.1. The Morgan fingerprint density at radius 2 is 1.92 bits per heavy atom. The molecule has 9 heteroatoms. The van der Waals surface area contributed by atoms with Crippen molar-refractivity contribution in [3.8, 4) is 17.0 Å². The van der Waals surface area contributed by atoms with Gasteiger partial charge in [0.2, 0.25) is 0 Å². The van der Waals surface area contributed by atoms with Crippen molar-refractivity contribution in [2.24, 2.45) is 4.99 Å². The summed E-state index contributed by atoms with van der Waals surface area (Å²) in [5, 5.41) is 18.4. The Morgan fingerprint density at radius 1 is 1.19 bits per heavy atom. The van der Waals surface area contributed by atoms with Gasteiger partial charge in [0.15, 0.2) is 5.82 Å². The monoisotopic (exact) mass is 505 g/mol. The van der Waals surface area contributed by atoms with Gasteiger partial charge < -0.3 is 4.74 Å². The van der Waals surface area contributed by atoms with Gasteiger partial charge in [-0.15, -0.1) is 21.5 Å². The van der Waals surface area contributed by atoms with Gasteiger partial charge in [-0.2, -0.15) is 0 Å². The van der Waals surface area contributed by atoms with Crippen molar-refractivity contribution < 1.29 is 14.7 Å². The molecule has 2 N–H and O–H groups in total. The number of hydroxylamine groups is 1. The van der Waals surface area contributed by atoms with Crippen molar-refractivity contribution in [1.29, 1.82) is 0 Å². The third-order valence-electron chi connectivity index (χ3n) is 5.93. The Balaban J connectivity index is 1.79. The largest absolute Gasteiger partial charge is 0.460 e. The standard InChI is InChI=1S/C27H31N5O3S/c1-16-17(2)36-26-23(16)24(20-12-10-19(11-13-20)9-7-8-14-28-34)29-21(15-22(33)35-27(4,5)6)25-31-30-18(3)32(25)26/h10-13,21,28,34H,7,9,15H2,1-6H3/t21-/m0/s1. The van der Waals surface area contributed by atoms with Gasteiger partial charge in [-0.25, -0.2) is 5.48 Å². The maximum atomic E-state index is 12.8. The molecule has 2 aromatic heterocycles. The molecule has 0 saturated carbocycles. The molecule has 0 aliphatic carbocycles. The number of aryl methyl sites for hydroxylation is 3. The van der Waals surface area contributed by atoms with E-state index in [1.807, 2.05) is 37.7 Å². The summed E-state index contributed by atoms with van der Waals surface area (Å²) in [5.74, 6) is 3.93. The van der Waals surface area contributed by atoms with Crippen LogP contribution in [0.5, 0.6) is 0 Å². The fourth-order valence-electron chi connectivity index (χ4n) is 4.20. The topological polar surface area (TPSA) is 102 Å². The molecule has 1 aliphatic rings. The SMILES string of the molecule is Cc1sc2c(c1C)C(c1ccc(CCC#CNO)cc1)=N[C@@H](CC(=O)OC(C)(C)C)c1nnc(C)n1-2. The maximum Gasteiger partial charge on any atom is 0.308 e. The van der Waals surface area contributed by atoms with Crippen LogP contribution in [-0.4, -0.2) is 37.3 Å². The summed E-state index contributed by atoms with van der Waals surface area (Å²) in [7, 11) is 0.